The van der Waals surface area contributed by atoms with Gasteiger partial charge >= 0.3 is 12.3 Å². The van der Waals surface area contributed by atoms with Crippen LogP contribution in [0.25, 0.3) is 11.0 Å². The van der Waals surface area contributed by atoms with Crippen LogP contribution < -0.4 is 5.73 Å². The Balaban J connectivity index is 1.72. The van der Waals surface area contributed by atoms with E-state index in [0.717, 1.165) is 19.0 Å². The van der Waals surface area contributed by atoms with Crippen molar-refractivity contribution in [2.45, 2.75) is 45.3 Å². The van der Waals surface area contributed by atoms with Crippen molar-refractivity contribution in [3.63, 3.8) is 0 Å². The van der Waals surface area contributed by atoms with Crippen LogP contribution in [0, 0.1) is 5.92 Å². The Labute approximate surface area is 171 Å². The Kier molecular flexibility index (Phi) is 6.40. The number of nitrogens with two attached hydrogens (primary N) is 1. The van der Waals surface area contributed by atoms with Gasteiger partial charge in [0.25, 0.3) is 0 Å². The molecule has 0 unspecified atom stereocenters. The van der Waals surface area contributed by atoms with Gasteiger partial charge < -0.3 is 19.9 Å². The van der Waals surface area contributed by atoms with Gasteiger partial charge in [0.05, 0.1) is 17.6 Å². The molecule has 0 aliphatic carbocycles. The van der Waals surface area contributed by atoms with Gasteiger partial charge in [-0.1, -0.05) is 24.9 Å². The predicted molar refractivity (Wildman–Crippen MR) is 103 cm³/mol. The number of carbonyl (C=O) groups excluding carboxylic acids is 1. The molecule has 1 amide bonds. The Morgan fingerprint density at radius 2 is 2.03 bits per heavy atom. The molecule has 29 heavy (non-hydrogen) atoms. The summed E-state index contributed by atoms with van der Waals surface area (Å²) < 4.78 is 47.0. The van der Waals surface area contributed by atoms with Crippen molar-refractivity contribution in [1.82, 2.24) is 19.4 Å². The molecular weight excluding hydrogens is 411 g/mol. The maximum atomic E-state index is 13.4. The zero-order chi connectivity index (χ0) is 21.2. The molecular formula is C18H23ClF3N5O2. The molecule has 2 N–H and O–H groups in total. The Morgan fingerprint density at radius 1 is 1.34 bits per heavy atom. The van der Waals surface area contributed by atoms with Crippen molar-refractivity contribution >= 4 is 34.7 Å². The highest BCUT2D eigenvalue weighted by Gasteiger charge is 2.37. The van der Waals surface area contributed by atoms with E-state index in [0.29, 0.717) is 39.1 Å². The summed E-state index contributed by atoms with van der Waals surface area (Å²) in [6, 6.07) is 0. The lowest BCUT2D eigenvalue weighted by Crippen LogP contribution is -2.39. The first-order valence-corrected chi connectivity index (χ1v) is 9.89. The molecule has 0 spiro atoms. The van der Waals surface area contributed by atoms with E-state index in [-0.39, 0.29) is 34.1 Å². The number of amides is 1. The summed E-state index contributed by atoms with van der Waals surface area (Å²) in [6.07, 6.45) is -0.851. The number of ether oxygens (including phenoxy) is 1. The minimum atomic E-state index is -4.59. The minimum absolute atomic E-state index is 0.0660. The molecule has 0 atom stereocenters. The molecule has 2 aromatic rings. The highest BCUT2D eigenvalue weighted by atomic mass is 35.5. The monoisotopic (exact) mass is 433 g/mol. The van der Waals surface area contributed by atoms with Gasteiger partial charge in [-0.15, -0.1) is 0 Å². The third kappa shape index (κ3) is 4.85. The lowest BCUT2D eigenvalue weighted by molar-refractivity contribution is -0.136. The largest absolute Gasteiger partial charge is 0.449 e. The van der Waals surface area contributed by atoms with Crippen molar-refractivity contribution in [3.05, 3.63) is 16.9 Å². The van der Waals surface area contributed by atoms with E-state index in [1.165, 1.54) is 4.57 Å². The SMILES string of the molecule is CCCCOC(=O)N1CCC(Cn2cc(C(F)(F)F)c3c(Cl)nc(N)nc32)CC1. The highest BCUT2D eigenvalue weighted by molar-refractivity contribution is 6.34. The summed E-state index contributed by atoms with van der Waals surface area (Å²) >= 11 is 5.93. The van der Waals surface area contributed by atoms with E-state index in [1.54, 1.807) is 4.90 Å². The van der Waals surface area contributed by atoms with Crippen molar-refractivity contribution in [3.8, 4) is 0 Å². The van der Waals surface area contributed by atoms with Gasteiger partial charge in [0.2, 0.25) is 5.95 Å². The summed E-state index contributed by atoms with van der Waals surface area (Å²) in [4.78, 5) is 21.3. The molecule has 1 saturated heterocycles. The fourth-order valence-corrected chi connectivity index (χ4v) is 3.76. The number of aromatic nitrogens is 3. The number of fused-ring (bicyclic) bond motifs is 1. The molecule has 3 heterocycles. The molecule has 0 bridgehead atoms. The zero-order valence-electron chi connectivity index (χ0n) is 16.0. The Hall–Kier alpha value is -2.23. The number of halogens is 4. The lowest BCUT2D eigenvalue weighted by Gasteiger charge is -2.31. The molecule has 3 rings (SSSR count). The summed E-state index contributed by atoms with van der Waals surface area (Å²) in [7, 11) is 0. The fraction of sp³-hybridized carbons (Fsp3) is 0.611. The zero-order valence-corrected chi connectivity index (χ0v) is 16.8. The summed E-state index contributed by atoms with van der Waals surface area (Å²) in [5, 5.41) is -0.562. The van der Waals surface area contributed by atoms with Gasteiger partial charge in [0.1, 0.15) is 10.8 Å². The van der Waals surface area contributed by atoms with E-state index in [4.69, 9.17) is 22.1 Å². The van der Waals surface area contributed by atoms with E-state index in [1.807, 2.05) is 6.92 Å². The second-order valence-electron chi connectivity index (χ2n) is 7.16. The first kappa shape index (κ1) is 21.5. The van der Waals surface area contributed by atoms with Crippen LogP contribution in [-0.4, -0.2) is 45.2 Å². The van der Waals surface area contributed by atoms with E-state index in [2.05, 4.69) is 9.97 Å². The van der Waals surface area contributed by atoms with Crippen LogP contribution in [0.1, 0.15) is 38.2 Å². The van der Waals surface area contributed by atoms with E-state index < -0.39 is 11.7 Å². The second-order valence-corrected chi connectivity index (χ2v) is 7.52. The number of hydrogen-bond acceptors (Lipinski definition) is 5. The molecule has 160 valence electrons. The molecule has 1 fully saturated rings. The Bertz CT molecular complexity index is 878. The van der Waals surface area contributed by atoms with Crippen LogP contribution >= 0.6 is 11.6 Å². The summed E-state index contributed by atoms with van der Waals surface area (Å²) in [5.74, 6) is -0.0958. The van der Waals surface area contributed by atoms with Crippen LogP contribution in [-0.2, 0) is 17.5 Å². The topological polar surface area (TPSA) is 86.3 Å². The molecule has 11 heteroatoms. The Morgan fingerprint density at radius 3 is 2.66 bits per heavy atom. The first-order valence-electron chi connectivity index (χ1n) is 9.51. The predicted octanol–water partition coefficient (Wildman–Crippen LogP) is 4.33. The standard InChI is InChI=1S/C18H23ClF3N5O2/c1-2-3-8-29-17(28)26-6-4-11(5-7-26)9-27-10-12(18(20,21)22)13-14(19)24-16(23)25-15(13)27/h10-11H,2-9H2,1H3,(H2,23,24,25). The number of likely N-dealkylation sites (tertiary alicyclic amines) is 1. The van der Waals surface area contributed by atoms with Gasteiger partial charge in [-0.25, -0.2) is 9.78 Å². The van der Waals surface area contributed by atoms with Gasteiger partial charge in [-0.2, -0.15) is 18.2 Å². The average Bonchev–Trinajstić information content (AvgIpc) is 3.01. The van der Waals surface area contributed by atoms with Crippen molar-refractivity contribution in [2.24, 2.45) is 5.92 Å². The molecule has 0 radical (unpaired) electrons. The summed E-state index contributed by atoms with van der Waals surface area (Å²) in [6.45, 7) is 3.72. The van der Waals surface area contributed by atoms with Crippen molar-refractivity contribution < 1.29 is 22.7 Å². The maximum absolute atomic E-state index is 13.4. The number of alkyl halides is 3. The normalized spacial score (nSPS) is 15.8. The number of hydrogen-bond donors (Lipinski definition) is 1. The third-order valence-corrected chi connectivity index (χ3v) is 5.32. The number of nitrogens with zero attached hydrogens (tertiary/aromatic N) is 4. The van der Waals surface area contributed by atoms with Crippen LogP contribution in [0.3, 0.4) is 0 Å². The van der Waals surface area contributed by atoms with Gasteiger partial charge in [-0.3, -0.25) is 0 Å². The van der Waals surface area contributed by atoms with Crippen molar-refractivity contribution in [2.75, 3.05) is 25.4 Å². The van der Waals surface area contributed by atoms with Gasteiger partial charge in [0, 0.05) is 25.8 Å². The fourth-order valence-electron chi connectivity index (χ4n) is 3.48. The average molecular weight is 434 g/mol. The molecule has 0 aromatic carbocycles. The van der Waals surface area contributed by atoms with Gasteiger partial charge in [0.15, 0.2) is 0 Å². The number of rotatable bonds is 5. The molecule has 1 aliphatic heterocycles. The smallest absolute Gasteiger partial charge is 0.418 e. The highest BCUT2D eigenvalue weighted by Crippen LogP contribution is 2.39. The molecule has 0 saturated carbocycles. The van der Waals surface area contributed by atoms with E-state index >= 15 is 0 Å². The first-order chi connectivity index (χ1) is 13.7. The van der Waals surface area contributed by atoms with Crippen LogP contribution in [0.2, 0.25) is 5.15 Å². The number of nitrogen functional groups attached to an aromatic ring is 1. The lowest BCUT2D eigenvalue weighted by atomic mass is 9.97. The van der Waals surface area contributed by atoms with Gasteiger partial charge in [-0.05, 0) is 25.2 Å². The molecule has 2 aromatic heterocycles. The number of unbranched alkanes of at least 4 members (excludes halogenated alkanes) is 1. The number of piperidine rings is 1. The minimum Gasteiger partial charge on any atom is -0.449 e. The third-order valence-electron chi connectivity index (χ3n) is 5.05. The van der Waals surface area contributed by atoms with Crippen LogP contribution in [0.5, 0.6) is 0 Å². The van der Waals surface area contributed by atoms with Crippen LogP contribution in [0.15, 0.2) is 6.20 Å². The van der Waals surface area contributed by atoms with E-state index in [9.17, 15) is 18.0 Å². The summed E-state index contributed by atoms with van der Waals surface area (Å²) in [5.41, 5.74) is 4.77. The maximum Gasteiger partial charge on any atom is 0.418 e. The van der Waals surface area contributed by atoms with Crippen LogP contribution in [0.4, 0.5) is 23.9 Å². The number of anilines is 1. The quantitative estimate of drug-likeness (QED) is 0.560. The molecule has 1 aliphatic rings. The number of carbonyl (C=O) groups is 1. The molecule has 7 nitrogen and oxygen atoms in total. The second kappa shape index (κ2) is 8.64. The van der Waals surface area contributed by atoms with Crippen molar-refractivity contribution in [1.29, 1.82) is 0 Å².